The highest BCUT2D eigenvalue weighted by atomic mass is 15.2. The Morgan fingerprint density at radius 1 is 0.481 bits per heavy atom. The predicted molar refractivity (Wildman–Crippen MR) is 217 cm³/mol. The summed E-state index contributed by atoms with van der Waals surface area (Å²) in [6.45, 7) is 5.69. The third-order valence-corrected chi connectivity index (χ3v) is 10.6. The number of unbranched alkanes of at least 4 members (excludes halogenated alkanes) is 1. The molecule has 0 N–H and O–H groups in total. The fourth-order valence-corrected chi connectivity index (χ4v) is 7.87. The van der Waals surface area contributed by atoms with Crippen LogP contribution in [0.5, 0.6) is 0 Å². The SMILES string of the molecule is CCCCC(CC)Cn1c2ccccc2c2cc(-c3ccc4c(c3)c3ccccc3n4-c3nc(-c4ccccc4)nc(-c4ccccc4)n3)ccc21. The van der Waals surface area contributed by atoms with Crippen molar-refractivity contribution in [2.24, 2.45) is 5.92 Å². The van der Waals surface area contributed by atoms with Crippen LogP contribution in [0, 0.1) is 5.92 Å². The van der Waals surface area contributed by atoms with Crippen LogP contribution in [0.15, 0.2) is 146 Å². The highest BCUT2D eigenvalue weighted by molar-refractivity contribution is 6.12. The molecule has 0 fully saturated rings. The molecule has 0 saturated carbocycles. The number of hydrogen-bond acceptors (Lipinski definition) is 3. The van der Waals surface area contributed by atoms with Gasteiger partial charge in [-0.25, -0.2) is 4.98 Å². The molecule has 0 aliphatic heterocycles. The molecule has 1 unspecified atom stereocenters. The molecule has 0 aliphatic carbocycles. The molecule has 254 valence electrons. The molecular weight excluding hydrogens is 635 g/mol. The highest BCUT2D eigenvalue weighted by Gasteiger charge is 2.19. The van der Waals surface area contributed by atoms with E-state index in [2.05, 4.69) is 132 Å². The van der Waals surface area contributed by atoms with E-state index in [1.807, 2.05) is 36.4 Å². The minimum absolute atomic E-state index is 0.602. The van der Waals surface area contributed by atoms with Gasteiger partial charge in [0.2, 0.25) is 5.95 Å². The van der Waals surface area contributed by atoms with Crippen LogP contribution in [0.3, 0.4) is 0 Å². The zero-order valence-corrected chi connectivity index (χ0v) is 29.7. The van der Waals surface area contributed by atoms with Crippen molar-refractivity contribution in [3.05, 3.63) is 146 Å². The van der Waals surface area contributed by atoms with Crippen LogP contribution in [-0.4, -0.2) is 24.1 Å². The van der Waals surface area contributed by atoms with Crippen molar-refractivity contribution in [2.45, 2.75) is 46.1 Å². The fraction of sp³-hybridized carbons (Fsp3) is 0.170. The zero-order chi connectivity index (χ0) is 35.0. The summed E-state index contributed by atoms with van der Waals surface area (Å²) in [5, 5.41) is 4.96. The molecular formula is C47H41N5. The molecule has 52 heavy (non-hydrogen) atoms. The van der Waals surface area contributed by atoms with E-state index in [1.54, 1.807) is 0 Å². The van der Waals surface area contributed by atoms with E-state index in [4.69, 9.17) is 15.0 Å². The van der Waals surface area contributed by atoms with E-state index < -0.39 is 0 Å². The van der Waals surface area contributed by atoms with Gasteiger partial charge in [-0.15, -0.1) is 0 Å². The number of nitrogens with zero attached hydrogens (tertiary/aromatic N) is 5. The van der Waals surface area contributed by atoms with Gasteiger partial charge in [0, 0.05) is 50.2 Å². The summed E-state index contributed by atoms with van der Waals surface area (Å²) in [5.74, 6) is 2.57. The molecule has 9 rings (SSSR count). The van der Waals surface area contributed by atoms with Crippen LogP contribution in [0.2, 0.25) is 0 Å². The summed E-state index contributed by atoms with van der Waals surface area (Å²) < 4.78 is 4.76. The van der Waals surface area contributed by atoms with Crippen molar-refractivity contribution >= 4 is 43.6 Å². The number of para-hydroxylation sites is 2. The summed E-state index contributed by atoms with van der Waals surface area (Å²) in [5.41, 5.74) is 9.07. The maximum atomic E-state index is 5.10. The van der Waals surface area contributed by atoms with Gasteiger partial charge in [0.15, 0.2) is 11.6 Å². The van der Waals surface area contributed by atoms with E-state index in [9.17, 15) is 0 Å². The van der Waals surface area contributed by atoms with Crippen molar-refractivity contribution in [2.75, 3.05) is 0 Å². The second-order valence-electron chi connectivity index (χ2n) is 13.9. The molecule has 0 bridgehead atoms. The Morgan fingerprint density at radius 2 is 0.981 bits per heavy atom. The lowest BCUT2D eigenvalue weighted by Crippen LogP contribution is -2.10. The number of rotatable bonds is 10. The first-order chi connectivity index (χ1) is 25.7. The fourth-order valence-electron chi connectivity index (χ4n) is 7.87. The lowest BCUT2D eigenvalue weighted by Gasteiger charge is -2.17. The summed E-state index contributed by atoms with van der Waals surface area (Å²) in [4.78, 5) is 15.1. The van der Waals surface area contributed by atoms with Crippen molar-refractivity contribution in [1.82, 2.24) is 24.1 Å². The summed E-state index contributed by atoms with van der Waals surface area (Å²) in [6, 6.07) is 51.6. The molecule has 0 aliphatic rings. The number of aromatic nitrogens is 5. The third-order valence-electron chi connectivity index (χ3n) is 10.6. The second kappa shape index (κ2) is 13.6. The van der Waals surface area contributed by atoms with Gasteiger partial charge in [-0.1, -0.05) is 142 Å². The van der Waals surface area contributed by atoms with Crippen molar-refractivity contribution in [3.63, 3.8) is 0 Å². The maximum Gasteiger partial charge on any atom is 0.238 e. The van der Waals surface area contributed by atoms with Crippen molar-refractivity contribution in [1.29, 1.82) is 0 Å². The largest absolute Gasteiger partial charge is 0.340 e. The van der Waals surface area contributed by atoms with E-state index in [1.165, 1.54) is 64.0 Å². The summed E-state index contributed by atoms with van der Waals surface area (Å²) in [7, 11) is 0. The normalized spacial score (nSPS) is 12.3. The maximum absolute atomic E-state index is 5.10. The van der Waals surface area contributed by atoms with Gasteiger partial charge < -0.3 is 4.57 Å². The van der Waals surface area contributed by atoms with Gasteiger partial charge in [-0.2, -0.15) is 9.97 Å². The van der Waals surface area contributed by atoms with E-state index in [0.29, 0.717) is 23.5 Å². The minimum Gasteiger partial charge on any atom is -0.340 e. The van der Waals surface area contributed by atoms with Crippen LogP contribution >= 0.6 is 0 Å². The Morgan fingerprint density at radius 3 is 1.60 bits per heavy atom. The van der Waals surface area contributed by atoms with Crippen molar-refractivity contribution in [3.8, 4) is 39.9 Å². The lowest BCUT2D eigenvalue weighted by atomic mass is 9.99. The standard InChI is InChI=1S/C47H41N5/c1-3-5-16-32(4-2)31-51-41-23-14-12-21-37(41)39-29-35(25-27-42(39)51)36-26-28-44-40(30-36)38-22-13-15-24-43(38)52(44)47-49-45(33-17-8-6-9-18-33)48-46(50-47)34-19-10-7-11-20-34/h6-15,17-30,32H,3-5,16,31H2,1-2H3. The number of hydrogen-bond donors (Lipinski definition) is 0. The van der Waals surface area contributed by atoms with Gasteiger partial charge in [-0.05, 0) is 59.9 Å². The predicted octanol–water partition coefficient (Wildman–Crippen LogP) is 12.3. The van der Waals surface area contributed by atoms with E-state index in [-0.39, 0.29) is 0 Å². The summed E-state index contributed by atoms with van der Waals surface area (Å²) >= 11 is 0. The van der Waals surface area contributed by atoms with Crippen LogP contribution in [-0.2, 0) is 6.54 Å². The monoisotopic (exact) mass is 675 g/mol. The molecule has 1 atom stereocenters. The van der Waals surface area contributed by atoms with Crippen LogP contribution in [0.25, 0.3) is 83.5 Å². The average Bonchev–Trinajstić information content (AvgIpc) is 3.71. The molecule has 9 aromatic rings. The molecule has 6 aromatic carbocycles. The average molecular weight is 676 g/mol. The Balaban J connectivity index is 1.19. The Hall–Kier alpha value is -6.07. The van der Waals surface area contributed by atoms with E-state index >= 15 is 0 Å². The molecule has 0 saturated heterocycles. The first-order valence-electron chi connectivity index (χ1n) is 18.6. The molecule has 5 nitrogen and oxygen atoms in total. The highest BCUT2D eigenvalue weighted by Crippen LogP contribution is 2.38. The number of fused-ring (bicyclic) bond motifs is 6. The molecule has 3 aromatic heterocycles. The van der Waals surface area contributed by atoms with Crippen LogP contribution in [0.4, 0.5) is 0 Å². The quantitative estimate of drug-likeness (QED) is 0.145. The Labute approximate surface area is 304 Å². The Kier molecular flexibility index (Phi) is 8.32. The van der Waals surface area contributed by atoms with Gasteiger partial charge in [-0.3, -0.25) is 4.57 Å². The van der Waals surface area contributed by atoms with Crippen molar-refractivity contribution < 1.29 is 0 Å². The smallest absolute Gasteiger partial charge is 0.238 e. The van der Waals surface area contributed by atoms with Gasteiger partial charge in [0.1, 0.15) is 0 Å². The van der Waals surface area contributed by atoms with Crippen LogP contribution in [0.1, 0.15) is 39.5 Å². The van der Waals surface area contributed by atoms with Crippen LogP contribution < -0.4 is 0 Å². The minimum atomic E-state index is 0.602. The zero-order valence-electron chi connectivity index (χ0n) is 29.7. The second-order valence-corrected chi connectivity index (χ2v) is 13.9. The lowest BCUT2D eigenvalue weighted by molar-refractivity contribution is 0.401. The molecule has 5 heteroatoms. The first-order valence-corrected chi connectivity index (χ1v) is 18.6. The molecule has 0 spiro atoms. The number of benzene rings is 6. The Bertz CT molecular complexity index is 2630. The third kappa shape index (κ3) is 5.63. The first kappa shape index (κ1) is 31.9. The van der Waals surface area contributed by atoms with Gasteiger partial charge in [0.05, 0.1) is 11.0 Å². The summed E-state index contributed by atoms with van der Waals surface area (Å²) in [6.07, 6.45) is 5.01. The van der Waals surface area contributed by atoms with Gasteiger partial charge >= 0.3 is 0 Å². The topological polar surface area (TPSA) is 48.5 Å². The molecule has 0 amide bonds. The molecule has 3 heterocycles. The van der Waals surface area contributed by atoms with E-state index in [0.717, 1.165) is 34.1 Å². The van der Waals surface area contributed by atoms with Gasteiger partial charge in [0.25, 0.3) is 0 Å². The molecule has 0 radical (unpaired) electrons.